The monoisotopic (exact) mass is 525 g/mol. The molecule has 3 rings (SSSR count). The Morgan fingerprint density at radius 1 is 1.09 bits per heavy atom. The molecule has 0 saturated carbocycles. The van der Waals surface area contributed by atoms with Crippen molar-refractivity contribution >= 4 is 51.6 Å². The first-order valence-corrected chi connectivity index (χ1v) is 11.1. The third-order valence-electron chi connectivity index (χ3n) is 4.33. The summed E-state index contributed by atoms with van der Waals surface area (Å²) in [5.74, 6) is -2.44. The third-order valence-corrected chi connectivity index (χ3v) is 6.30. The van der Waals surface area contributed by atoms with Crippen LogP contribution in [0.2, 0.25) is 0 Å². The lowest BCUT2D eigenvalue weighted by atomic mass is 10.2. The SMILES string of the molecule is NC(=O)c1ccsc1NC(=O)COC(=O)c1ccccc1Sc1ccc(C(F)(F)F)cc1[N+](=O)[O-]. The molecule has 182 valence electrons. The summed E-state index contributed by atoms with van der Waals surface area (Å²) in [6.07, 6.45) is -4.77. The number of alkyl halides is 3. The summed E-state index contributed by atoms with van der Waals surface area (Å²) in [4.78, 5) is 46.5. The van der Waals surface area contributed by atoms with E-state index >= 15 is 0 Å². The van der Waals surface area contributed by atoms with Gasteiger partial charge in [-0.2, -0.15) is 13.2 Å². The molecule has 0 fully saturated rings. The average Bonchev–Trinajstić information content (AvgIpc) is 3.25. The zero-order chi connectivity index (χ0) is 25.8. The van der Waals surface area contributed by atoms with E-state index in [1.165, 1.54) is 35.7 Å². The molecule has 1 heterocycles. The van der Waals surface area contributed by atoms with E-state index in [-0.39, 0.29) is 25.9 Å². The van der Waals surface area contributed by atoms with Gasteiger partial charge in [-0.15, -0.1) is 11.3 Å². The average molecular weight is 525 g/mol. The van der Waals surface area contributed by atoms with Crippen LogP contribution in [0.15, 0.2) is 63.7 Å². The van der Waals surface area contributed by atoms with Crippen molar-refractivity contribution in [3.63, 3.8) is 0 Å². The first kappa shape index (κ1) is 25.7. The highest BCUT2D eigenvalue weighted by Gasteiger charge is 2.33. The number of nitro benzene ring substituents is 1. The van der Waals surface area contributed by atoms with Crippen molar-refractivity contribution in [1.29, 1.82) is 0 Å². The number of nitrogens with zero attached hydrogens (tertiary/aromatic N) is 1. The maximum Gasteiger partial charge on any atom is 0.416 e. The van der Waals surface area contributed by atoms with Crippen LogP contribution in [0.4, 0.5) is 23.9 Å². The molecule has 14 heteroatoms. The highest BCUT2D eigenvalue weighted by atomic mass is 32.2. The van der Waals surface area contributed by atoms with E-state index in [9.17, 15) is 37.7 Å². The second-order valence-corrected chi connectivity index (χ2v) is 8.69. The van der Waals surface area contributed by atoms with Crippen LogP contribution in [0.3, 0.4) is 0 Å². The number of nitrogens with two attached hydrogens (primary N) is 1. The number of carbonyl (C=O) groups excluding carboxylic acids is 3. The van der Waals surface area contributed by atoms with Gasteiger partial charge in [0.1, 0.15) is 5.00 Å². The van der Waals surface area contributed by atoms with E-state index in [1.54, 1.807) is 0 Å². The number of primary amides is 1. The molecule has 35 heavy (non-hydrogen) atoms. The number of halogens is 3. The molecule has 0 aliphatic carbocycles. The van der Waals surface area contributed by atoms with Gasteiger partial charge in [-0.1, -0.05) is 23.9 Å². The molecular weight excluding hydrogens is 511 g/mol. The van der Waals surface area contributed by atoms with E-state index < -0.39 is 46.7 Å². The molecule has 9 nitrogen and oxygen atoms in total. The summed E-state index contributed by atoms with van der Waals surface area (Å²) in [5.41, 5.74) is 3.27. The standard InChI is InChI=1S/C21H14F3N3O6S2/c22-21(23,24)11-5-6-16(14(9-11)27(31)32)35-15-4-2-1-3-12(15)20(30)33-10-17(28)26-19-13(18(25)29)7-8-34-19/h1-9H,10H2,(H2,25,29)(H,26,28). The predicted octanol–water partition coefficient (Wildman–Crippen LogP) is 4.72. The number of benzene rings is 2. The van der Waals surface area contributed by atoms with E-state index in [2.05, 4.69) is 5.32 Å². The summed E-state index contributed by atoms with van der Waals surface area (Å²) >= 11 is 1.74. The van der Waals surface area contributed by atoms with Gasteiger partial charge in [-0.3, -0.25) is 19.7 Å². The number of rotatable bonds is 8. The Balaban J connectivity index is 1.75. The van der Waals surface area contributed by atoms with Gasteiger partial charge >= 0.3 is 12.1 Å². The number of hydrogen-bond acceptors (Lipinski definition) is 8. The summed E-state index contributed by atoms with van der Waals surface area (Å²) in [6, 6.07) is 9.23. The highest BCUT2D eigenvalue weighted by Crippen LogP contribution is 2.40. The summed E-state index contributed by atoms with van der Waals surface area (Å²) in [7, 11) is 0. The summed E-state index contributed by atoms with van der Waals surface area (Å²) in [6.45, 7) is -0.714. The topological polar surface area (TPSA) is 142 Å². The number of amides is 2. The van der Waals surface area contributed by atoms with Crippen molar-refractivity contribution < 1.29 is 37.2 Å². The van der Waals surface area contributed by atoms with Crippen LogP contribution in [0.5, 0.6) is 0 Å². The zero-order valence-corrected chi connectivity index (χ0v) is 19.0. The number of carbonyl (C=O) groups is 3. The Morgan fingerprint density at radius 3 is 2.46 bits per heavy atom. The fourth-order valence-corrected chi connectivity index (χ4v) is 4.56. The lowest BCUT2D eigenvalue weighted by molar-refractivity contribution is -0.388. The molecule has 2 aromatic carbocycles. The molecular formula is C21H14F3N3O6S2. The highest BCUT2D eigenvalue weighted by molar-refractivity contribution is 7.99. The van der Waals surface area contributed by atoms with Gasteiger partial charge < -0.3 is 15.8 Å². The van der Waals surface area contributed by atoms with Gasteiger partial charge in [0.25, 0.3) is 17.5 Å². The fourth-order valence-electron chi connectivity index (χ4n) is 2.74. The Morgan fingerprint density at radius 2 is 1.80 bits per heavy atom. The Labute approximate surface area is 203 Å². The molecule has 0 atom stereocenters. The van der Waals surface area contributed by atoms with Crippen molar-refractivity contribution in [2.24, 2.45) is 5.73 Å². The van der Waals surface area contributed by atoms with Gasteiger partial charge in [0, 0.05) is 11.0 Å². The number of hydrogen-bond donors (Lipinski definition) is 2. The number of anilines is 1. The number of ether oxygens (including phenoxy) is 1. The summed E-state index contributed by atoms with van der Waals surface area (Å²) in [5, 5.41) is 15.5. The van der Waals surface area contributed by atoms with Gasteiger partial charge in [0.2, 0.25) is 0 Å². The lowest BCUT2D eigenvalue weighted by Gasteiger charge is -2.11. The van der Waals surface area contributed by atoms with Gasteiger partial charge in [0.05, 0.1) is 26.5 Å². The normalized spacial score (nSPS) is 11.1. The van der Waals surface area contributed by atoms with E-state index in [0.29, 0.717) is 23.9 Å². The largest absolute Gasteiger partial charge is 0.452 e. The van der Waals surface area contributed by atoms with Crippen molar-refractivity contribution in [3.05, 3.63) is 80.7 Å². The Bertz CT molecular complexity index is 1310. The maximum atomic E-state index is 12.9. The molecule has 0 aliphatic heterocycles. The first-order chi connectivity index (χ1) is 16.5. The molecule has 0 aliphatic rings. The van der Waals surface area contributed by atoms with Gasteiger partial charge in [-0.25, -0.2) is 4.79 Å². The van der Waals surface area contributed by atoms with Gasteiger partial charge in [0.15, 0.2) is 6.61 Å². The molecule has 3 N–H and O–H groups in total. The van der Waals surface area contributed by atoms with Crippen LogP contribution in [-0.2, 0) is 15.7 Å². The first-order valence-electron chi connectivity index (χ1n) is 9.44. The van der Waals surface area contributed by atoms with Crippen molar-refractivity contribution in [3.8, 4) is 0 Å². The van der Waals surface area contributed by atoms with E-state index in [0.717, 1.165) is 17.4 Å². The number of thiophene rings is 1. The minimum Gasteiger partial charge on any atom is -0.452 e. The number of esters is 1. The van der Waals surface area contributed by atoms with Crippen LogP contribution < -0.4 is 11.1 Å². The Kier molecular flexibility index (Phi) is 7.76. The molecule has 0 bridgehead atoms. The number of nitrogens with one attached hydrogen (secondary N) is 1. The lowest BCUT2D eigenvalue weighted by Crippen LogP contribution is -2.22. The number of nitro groups is 1. The van der Waals surface area contributed by atoms with Crippen LogP contribution >= 0.6 is 23.1 Å². The summed E-state index contributed by atoms with van der Waals surface area (Å²) < 4.78 is 43.8. The predicted molar refractivity (Wildman–Crippen MR) is 120 cm³/mol. The second kappa shape index (κ2) is 10.6. The molecule has 0 spiro atoms. The molecule has 0 saturated heterocycles. The molecule has 0 radical (unpaired) electrons. The second-order valence-electron chi connectivity index (χ2n) is 6.69. The minimum absolute atomic E-state index is 0.0616. The van der Waals surface area contributed by atoms with Crippen LogP contribution in [0, 0.1) is 10.1 Å². The van der Waals surface area contributed by atoms with Crippen LogP contribution in [-0.4, -0.2) is 29.3 Å². The molecule has 3 aromatic rings. The quantitative estimate of drug-likeness (QED) is 0.246. The molecule has 2 amide bonds. The Hall–Kier alpha value is -3.91. The van der Waals surface area contributed by atoms with E-state index in [4.69, 9.17) is 10.5 Å². The van der Waals surface area contributed by atoms with Crippen LogP contribution in [0.1, 0.15) is 26.3 Å². The van der Waals surface area contributed by atoms with E-state index in [1.807, 2.05) is 0 Å². The zero-order valence-electron chi connectivity index (χ0n) is 17.3. The molecule has 0 unspecified atom stereocenters. The minimum atomic E-state index is -4.77. The fraction of sp³-hybridized carbons (Fsp3) is 0.0952. The van der Waals surface area contributed by atoms with Crippen molar-refractivity contribution in [2.45, 2.75) is 16.0 Å². The third kappa shape index (κ3) is 6.36. The van der Waals surface area contributed by atoms with Crippen LogP contribution in [0.25, 0.3) is 0 Å². The maximum absolute atomic E-state index is 12.9. The smallest absolute Gasteiger partial charge is 0.416 e. The van der Waals surface area contributed by atoms with Crippen molar-refractivity contribution in [1.82, 2.24) is 0 Å². The molecule has 1 aromatic heterocycles. The van der Waals surface area contributed by atoms with Gasteiger partial charge in [-0.05, 0) is 35.7 Å². The van der Waals surface area contributed by atoms with Crippen molar-refractivity contribution in [2.75, 3.05) is 11.9 Å².